The SMILES string of the molecule is COc1cc2c(cc1OC)[C@H](c1cccc(F)c1)[NH+](CC=C(C)CCC=C(C)C)CC2. The van der Waals surface area contributed by atoms with Crippen LogP contribution in [0, 0.1) is 5.82 Å². The van der Waals surface area contributed by atoms with Crippen LogP contribution in [-0.2, 0) is 6.42 Å². The lowest BCUT2D eigenvalue weighted by molar-refractivity contribution is -0.922. The summed E-state index contributed by atoms with van der Waals surface area (Å²) < 4.78 is 25.2. The molecular formula is C27H35FNO2+. The van der Waals surface area contributed by atoms with E-state index in [1.165, 1.54) is 33.2 Å². The van der Waals surface area contributed by atoms with Gasteiger partial charge in [-0.1, -0.05) is 29.4 Å². The van der Waals surface area contributed by atoms with E-state index < -0.39 is 0 Å². The molecule has 166 valence electrons. The van der Waals surface area contributed by atoms with Crippen molar-refractivity contribution < 1.29 is 18.8 Å². The van der Waals surface area contributed by atoms with E-state index in [-0.39, 0.29) is 11.9 Å². The van der Waals surface area contributed by atoms with E-state index in [1.807, 2.05) is 6.07 Å². The molecule has 0 fully saturated rings. The van der Waals surface area contributed by atoms with Gasteiger partial charge in [0, 0.05) is 17.5 Å². The van der Waals surface area contributed by atoms with Gasteiger partial charge in [0.2, 0.25) is 0 Å². The summed E-state index contributed by atoms with van der Waals surface area (Å²) in [6.45, 7) is 8.39. The second-order valence-electron chi connectivity index (χ2n) is 8.63. The molecule has 0 amide bonds. The molecular weight excluding hydrogens is 389 g/mol. The zero-order chi connectivity index (χ0) is 22.4. The number of hydrogen-bond donors (Lipinski definition) is 1. The summed E-state index contributed by atoms with van der Waals surface area (Å²) in [4.78, 5) is 1.42. The standard InChI is InChI=1S/C27H34FNO2/c1-19(2)8-6-9-20(3)12-14-29-15-13-21-17-25(30-4)26(31-5)18-24(21)27(29)22-10-7-11-23(28)16-22/h7-8,10-12,16-18,27H,6,9,13-15H2,1-5H3/p+1/t27-/m0/s1. The lowest BCUT2D eigenvalue weighted by Crippen LogP contribution is -3.13. The van der Waals surface area contributed by atoms with Crippen LogP contribution in [0.1, 0.15) is 56.3 Å². The molecule has 2 aromatic rings. The van der Waals surface area contributed by atoms with Crippen molar-refractivity contribution >= 4 is 0 Å². The Morgan fingerprint density at radius 2 is 1.81 bits per heavy atom. The maximum Gasteiger partial charge on any atom is 0.161 e. The Morgan fingerprint density at radius 3 is 2.48 bits per heavy atom. The van der Waals surface area contributed by atoms with Gasteiger partial charge in [0.25, 0.3) is 0 Å². The van der Waals surface area contributed by atoms with Crippen molar-refractivity contribution in [3.63, 3.8) is 0 Å². The first-order valence-corrected chi connectivity index (χ1v) is 11.1. The van der Waals surface area contributed by atoms with E-state index in [0.29, 0.717) is 0 Å². The molecule has 3 nitrogen and oxygen atoms in total. The molecule has 0 spiro atoms. The third kappa shape index (κ3) is 5.76. The molecule has 31 heavy (non-hydrogen) atoms. The number of nitrogens with one attached hydrogen (secondary N) is 1. The van der Waals surface area contributed by atoms with Gasteiger partial charge in [0.05, 0.1) is 27.3 Å². The topological polar surface area (TPSA) is 22.9 Å². The Balaban J connectivity index is 1.94. The minimum absolute atomic E-state index is 0.0566. The third-order valence-electron chi connectivity index (χ3n) is 6.07. The molecule has 0 aromatic heterocycles. The fourth-order valence-corrected chi connectivity index (χ4v) is 4.40. The zero-order valence-corrected chi connectivity index (χ0v) is 19.4. The maximum absolute atomic E-state index is 14.1. The smallest absolute Gasteiger partial charge is 0.161 e. The van der Waals surface area contributed by atoms with Gasteiger partial charge in [-0.05, 0) is 69.5 Å². The molecule has 0 saturated heterocycles. The highest BCUT2D eigenvalue weighted by atomic mass is 19.1. The van der Waals surface area contributed by atoms with Crippen molar-refractivity contribution in [2.75, 3.05) is 27.3 Å². The van der Waals surface area contributed by atoms with Crippen molar-refractivity contribution in [3.05, 3.63) is 82.2 Å². The van der Waals surface area contributed by atoms with Crippen molar-refractivity contribution in [3.8, 4) is 11.5 Å². The Kier molecular flexibility index (Phi) is 7.91. The predicted octanol–water partition coefficient (Wildman–Crippen LogP) is 5.07. The highest BCUT2D eigenvalue weighted by Gasteiger charge is 2.33. The number of benzene rings is 2. The molecule has 2 aromatic carbocycles. The quantitative estimate of drug-likeness (QED) is 0.598. The first kappa shape index (κ1) is 23.1. The summed E-state index contributed by atoms with van der Waals surface area (Å²) >= 11 is 0. The number of hydrogen-bond acceptors (Lipinski definition) is 2. The molecule has 4 heteroatoms. The average molecular weight is 425 g/mol. The number of halogens is 1. The average Bonchev–Trinajstić information content (AvgIpc) is 2.75. The Bertz CT molecular complexity index is 960. The summed E-state index contributed by atoms with van der Waals surface area (Å²) in [6, 6.07) is 11.2. The molecule has 0 saturated carbocycles. The number of ether oxygens (including phenoxy) is 2. The van der Waals surface area contributed by atoms with Crippen LogP contribution in [0.2, 0.25) is 0 Å². The highest BCUT2D eigenvalue weighted by molar-refractivity contribution is 5.50. The molecule has 0 aliphatic carbocycles. The van der Waals surface area contributed by atoms with E-state index >= 15 is 0 Å². The van der Waals surface area contributed by atoms with Gasteiger partial charge in [-0.15, -0.1) is 0 Å². The van der Waals surface area contributed by atoms with Crippen molar-refractivity contribution in [1.82, 2.24) is 0 Å². The van der Waals surface area contributed by atoms with Crippen molar-refractivity contribution in [2.24, 2.45) is 0 Å². The second kappa shape index (κ2) is 10.6. The van der Waals surface area contributed by atoms with Gasteiger partial charge >= 0.3 is 0 Å². The maximum atomic E-state index is 14.1. The summed E-state index contributed by atoms with van der Waals surface area (Å²) in [6.07, 6.45) is 7.75. The van der Waals surface area contributed by atoms with Crippen LogP contribution >= 0.6 is 0 Å². The first-order chi connectivity index (χ1) is 14.9. The first-order valence-electron chi connectivity index (χ1n) is 11.1. The number of methoxy groups -OCH3 is 2. The molecule has 1 N–H and O–H groups in total. The van der Waals surface area contributed by atoms with Crippen LogP contribution in [0.4, 0.5) is 4.39 Å². The van der Waals surface area contributed by atoms with Gasteiger partial charge in [0.1, 0.15) is 11.9 Å². The number of fused-ring (bicyclic) bond motifs is 1. The Labute approximate surface area is 186 Å². The molecule has 2 atom stereocenters. The van der Waals surface area contributed by atoms with Crippen molar-refractivity contribution in [1.29, 1.82) is 0 Å². The molecule has 1 unspecified atom stereocenters. The molecule has 1 heterocycles. The predicted molar refractivity (Wildman–Crippen MR) is 125 cm³/mol. The summed E-state index contributed by atoms with van der Waals surface area (Å²) in [5.41, 5.74) is 6.21. The fraction of sp³-hybridized carbons (Fsp3) is 0.407. The minimum Gasteiger partial charge on any atom is -0.493 e. The summed E-state index contributed by atoms with van der Waals surface area (Å²) in [5.74, 6) is 1.27. The van der Waals surface area contributed by atoms with E-state index in [9.17, 15) is 4.39 Å². The molecule has 1 aliphatic heterocycles. The minimum atomic E-state index is -0.196. The van der Waals surface area contributed by atoms with E-state index in [1.54, 1.807) is 26.4 Å². The van der Waals surface area contributed by atoms with E-state index in [4.69, 9.17) is 9.47 Å². The molecule has 0 bridgehead atoms. The van der Waals surface area contributed by atoms with Crippen molar-refractivity contribution in [2.45, 2.75) is 46.1 Å². The normalized spacial score (nSPS) is 18.3. The highest BCUT2D eigenvalue weighted by Crippen LogP contribution is 2.36. The third-order valence-corrected chi connectivity index (χ3v) is 6.07. The lowest BCUT2D eigenvalue weighted by Gasteiger charge is -2.34. The van der Waals surface area contributed by atoms with Gasteiger partial charge in [-0.3, -0.25) is 0 Å². The van der Waals surface area contributed by atoms with E-state index in [2.05, 4.69) is 45.1 Å². The van der Waals surface area contributed by atoms with Gasteiger partial charge in [-0.2, -0.15) is 0 Å². The number of allylic oxidation sites excluding steroid dienone is 3. The summed E-state index contributed by atoms with van der Waals surface area (Å²) in [5, 5.41) is 0. The van der Waals surface area contributed by atoms with Gasteiger partial charge < -0.3 is 14.4 Å². The van der Waals surface area contributed by atoms with Crippen LogP contribution in [-0.4, -0.2) is 27.3 Å². The molecule has 3 rings (SSSR count). The van der Waals surface area contributed by atoms with Gasteiger partial charge in [-0.25, -0.2) is 4.39 Å². The van der Waals surface area contributed by atoms with Crippen LogP contribution in [0.5, 0.6) is 11.5 Å². The molecule has 1 aliphatic rings. The zero-order valence-electron chi connectivity index (χ0n) is 19.4. The van der Waals surface area contributed by atoms with Crippen LogP contribution < -0.4 is 14.4 Å². The fourth-order valence-electron chi connectivity index (χ4n) is 4.40. The van der Waals surface area contributed by atoms with Gasteiger partial charge in [0.15, 0.2) is 11.5 Å². The Hall–Kier alpha value is -2.59. The van der Waals surface area contributed by atoms with Crippen LogP contribution in [0.25, 0.3) is 0 Å². The lowest BCUT2D eigenvalue weighted by atomic mass is 9.87. The monoisotopic (exact) mass is 424 g/mol. The second-order valence-corrected chi connectivity index (χ2v) is 8.63. The number of rotatable bonds is 8. The largest absolute Gasteiger partial charge is 0.493 e. The van der Waals surface area contributed by atoms with E-state index in [0.717, 1.165) is 49.4 Å². The summed E-state index contributed by atoms with van der Waals surface area (Å²) in [7, 11) is 3.32. The van der Waals surface area contributed by atoms with Crippen LogP contribution in [0.15, 0.2) is 59.7 Å². The van der Waals surface area contributed by atoms with Crippen LogP contribution in [0.3, 0.4) is 0 Å². The molecule has 0 radical (unpaired) electrons. The Morgan fingerprint density at radius 1 is 1.06 bits per heavy atom. The number of quaternary nitrogens is 1.